The Hall–Kier alpha value is -2.29. The highest BCUT2D eigenvalue weighted by atomic mass is 35.5. The monoisotopic (exact) mass is 363 g/mol. The van der Waals surface area contributed by atoms with Gasteiger partial charge in [-0.05, 0) is 41.3 Å². The van der Waals surface area contributed by atoms with Crippen molar-refractivity contribution < 1.29 is 4.74 Å². The van der Waals surface area contributed by atoms with Gasteiger partial charge in [-0.2, -0.15) is 0 Å². The molecule has 0 amide bonds. The second-order valence-corrected chi connectivity index (χ2v) is 7.25. The first-order valence-corrected chi connectivity index (χ1v) is 9.38. The van der Waals surface area contributed by atoms with Crippen molar-refractivity contribution >= 4 is 11.6 Å². The summed E-state index contributed by atoms with van der Waals surface area (Å²) >= 11 is 6.11. The van der Waals surface area contributed by atoms with Gasteiger partial charge in [0.05, 0.1) is 0 Å². The van der Waals surface area contributed by atoms with Crippen LogP contribution < -0.4 is 10.1 Å². The molecule has 0 spiro atoms. The summed E-state index contributed by atoms with van der Waals surface area (Å²) in [4.78, 5) is 0. The lowest BCUT2D eigenvalue weighted by atomic mass is 9.97. The van der Waals surface area contributed by atoms with Crippen molar-refractivity contribution in [3.05, 3.63) is 88.4 Å². The van der Waals surface area contributed by atoms with Gasteiger partial charge < -0.3 is 10.1 Å². The zero-order chi connectivity index (χ0) is 17.9. The number of halogens is 1. The van der Waals surface area contributed by atoms with E-state index in [0.29, 0.717) is 0 Å². The first-order chi connectivity index (χ1) is 12.7. The molecule has 1 aliphatic heterocycles. The third kappa shape index (κ3) is 3.62. The Morgan fingerprint density at radius 1 is 1.00 bits per heavy atom. The number of hydrogen-bond acceptors (Lipinski definition) is 2. The van der Waals surface area contributed by atoms with E-state index in [1.54, 1.807) is 0 Å². The van der Waals surface area contributed by atoms with Crippen LogP contribution in [0.4, 0.5) is 0 Å². The fraction of sp³-hybridized carbons (Fsp3) is 0.217. The molecule has 4 rings (SSSR count). The molecular weight excluding hydrogens is 342 g/mol. The zero-order valence-corrected chi connectivity index (χ0v) is 15.6. The van der Waals surface area contributed by atoms with Gasteiger partial charge in [-0.15, -0.1) is 0 Å². The van der Waals surface area contributed by atoms with Crippen LogP contribution in [0.2, 0.25) is 5.02 Å². The van der Waals surface area contributed by atoms with Gasteiger partial charge in [0.15, 0.2) is 0 Å². The van der Waals surface area contributed by atoms with Gasteiger partial charge in [0.1, 0.15) is 11.9 Å². The van der Waals surface area contributed by atoms with Crippen LogP contribution in [0.5, 0.6) is 5.75 Å². The second-order valence-electron chi connectivity index (χ2n) is 6.81. The van der Waals surface area contributed by atoms with Crippen molar-refractivity contribution in [3.63, 3.8) is 0 Å². The minimum Gasteiger partial charge on any atom is -0.488 e. The Labute approximate surface area is 159 Å². The Morgan fingerprint density at radius 3 is 2.65 bits per heavy atom. The quantitative estimate of drug-likeness (QED) is 0.654. The summed E-state index contributed by atoms with van der Waals surface area (Å²) in [5, 5.41) is 4.28. The maximum Gasteiger partial charge on any atom is 0.130 e. The normalized spacial score (nSPS) is 15.5. The summed E-state index contributed by atoms with van der Waals surface area (Å²) < 4.78 is 6.32. The average Bonchev–Trinajstić information content (AvgIpc) is 3.06. The Kier molecular flexibility index (Phi) is 4.96. The molecule has 0 radical (unpaired) electrons. The van der Waals surface area contributed by atoms with Gasteiger partial charge in [-0.1, -0.05) is 66.2 Å². The summed E-state index contributed by atoms with van der Waals surface area (Å²) in [6, 6.07) is 22.9. The molecule has 0 aromatic heterocycles. The van der Waals surface area contributed by atoms with Gasteiger partial charge >= 0.3 is 0 Å². The standard InChI is InChI=1S/C23H22ClNO/c1-16-12-19(24)10-11-21(16)22-9-5-8-18-13-20(26-23(18)22)15-25-14-17-6-3-2-4-7-17/h2-12,20,25H,13-15H2,1H3. The maximum absolute atomic E-state index is 6.32. The predicted octanol–water partition coefficient (Wildman–Crippen LogP) is 5.41. The van der Waals surface area contributed by atoms with Crippen LogP contribution in [0, 0.1) is 6.92 Å². The molecule has 3 heteroatoms. The maximum atomic E-state index is 6.32. The predicted molar refractivity (Wildman–Crippen MR) is 108 cm³/mol. The van der Waals surface area contributed by atoms with E-state index in [4.69, 9.17) is 16.3 Å². The van der Waals surface area contributed by atoms with Crippen LogP contribution in [0.15, 0.2) is 66.7 Å². The number of fused-ring (bicyclic) bond motifs is 1. The lowest BCUT2D eigenvalue weighted by Crippen LogP contribution is -2.29. The van der Waals surface area contributed by atoms with Crippen molar-refractivity contribution in [2.24, 2.45) is 0 Å². The van der Waals surface area contributed by atoms with Crippen molar-refractivity contribution in [3.8, 4) is 16.9 Å². The van der Waals surface area contributed by atoms with Gasteiger partial charge in [0, 0.05) is 30.1 Å². The fourth-order valence-electron chi connectivity index (χ4n) is 3.57. The molecule has 2 nitrogen and oxygen atoms in total. The lowest BCUT2D eigenvalue weighted by Gasteiger charge is -2.14. The van der Waals surface area contributed by atoms with E-state index < -0.39 is 0 Å². The molecule has 0 aliphatic carbocycles. The minimum absolute atomic E-state index is 0.169. The van der Waals surface area contributed by atoms with Crippen LogP contribution in [0.25, 0.3) is 11.1 Å². The van der Waals surface area contributed by atoms with Crippen molar-refractivity contribution in [1.82, 2.24) is 5.32 Å². The summed E-state index contributed by atoms with van der Waals surface area (Å²) in [6.07, 6.45) is 1.11. The highest BCUT2D eigenvalue weighted by Gasteiger charge is 2.25. The lowest BCUT2D eigenvalue weighted by molar-refractivity contribution is 0.228. The molecule has 1 heterocycles. The molecule has 26 heavy (non-hydrogen) atoms. The van der Waals surface area contributed by atoms with Crippen LogP contribution in [-0.2, 0) is 13.0 Å². The molecule has 1 unspecified atom stereocenters. The van der Waals surface area contributed by atoms with E-state index in [2.05, 4.69) is 60.8 Å². The molecule has 0 bridgehead atoms. The first-order valence-electron chi connectivity index (χ1n) is 9.00. The first kappa shape index (κ1) is 17.1. The molecule has 0 saturated carbocycles. The summed E-state index contributed by atoms with van der Waals surface area (Å²) in [6.45, 7) is 3.79. The Balaban J connectivity index is 1.47. The summed E-state index contributed by atoms with van der Waals surface area (Å²) in [7, 11) is 0. The van der Waals surface area contributed by atoms with Gasteiger partial charge in [-0.25, -0.2) is 0 Å². The smallest absolute Gasteiger partial charge is 0.130 e. The molecule has 1 N–H and O–H groups in total. The number of rotatable bonds is 5. The van der Waals surface area contributed by atoms with E-state index in [1.165, 1.54) is 22.3 Å². The largest absolute Gasteiger partial charge is 0.488 e. The van der Waals surface area contributed by atoms with Crippen LogP contribution in [0.1, 0.15) is 16.7 Å². The van der Waals surface area contributed by atoms with Gasteiger partial charge in [-0.3, -0.25) is 0 Å². The Morgan fingerprint density at radius 2 is 1.85 bits per heavy atom. The van der Waals surface area contributed by atoms with E-state index >= 15 is 0 Å². The summed E-state index contributed by atoms with van der Waals surface area (Å²) in [5.74, 6) is 1.02. The SMILES string of the molecule is Cc1cc(Cl)ccc1-c1cccc2c1OC(CNCc1ccccc1)C2. The van der Waals surface area contributed by atoms with E-state index in [0.717, 1.165) is 35.8 Å². The van der Waals surface area contributed by atoms with E-state index in [9.17, 15) is 0 Å². The van der Waals surface area contributed by atoms with E-state index in [-0.39, 0.29) is 6.10 Å². The molecule has 1 aliphatic rings. The molecule has 132 valence electrons. The number of hydrogen-bond donors (Lipinski definition) is 1. The van der Waals surface area contributed by atoms with E-state index in [1.807, 2.05) is 18.2 Å². The number of aryl methyl sites for hydroxylation is 1. The summed E-state index contributed by atoms with van der Waals surface area (Å²) in [5.41, 5.74) is 6.08. The topological polar surface area (TPSA) is 21.3 Å². The minimum atomic E-state index is 0.169. The van der Waals surface area contributed by atoms with Crippen LogP contribution in [0.3, 0.4) is 0 Å². The van der Waals surface area contributed by atoms with Crippen LogP contribution in [-0.4, -0.2) is 12.6 Å². The highest BCUT2D eigenvalue weighted by molar-refractivity contribution is 6.30. The average molecular weight is 364 g/mol. The van der Waals surface area contributed by atoms with Crippen LogP contribution >= 0.6 is 11.6 Å². The zero-order valence-electron chi connectivity index (χ0n) is 14.8. The van der Waals surface area contributed by atoms with Gasteiger partial charge in [0.2, 0.25) is 0 Å². The molecule has 0 fully saturated rings. The molecule has 0 saturated heterocycles. The highest BCUT2D eigenvalue weighted by Crippen LogP contribution is 2.40. The third-order valence-corrected chi connectivity index (χ3v) is 5.09. The molecule has 3 aromatic rings. The second kappa shape index (κ2) is 7.53. The number of para-hydroxylation sites is 1. The van der Waals surface area contributed by atoms with Gasteiger partial charge in [0.25, 0.3) is 0 Å². The fourth-order valence-corrected chi connectivity index (χ4v) is 3.79. The Bertz CT molecular complexity index is 907. The van der Waals surface area contributed by atoms with Crippen molar-refractivity contribution in [2.45, 2.75) is 26.0 Å². The number of benzene rings is 3. The third-order valence-electron chi connectivity index (χ3n) is 4.85. The molecule has 3 aromatic carbocycles. The number of nitrogens with one attached hydrogen (secondary N) is 1. The number of ether oxygens (including phenoxy) is 1. The van der Waals surface area contributed by atoms with Crippen molar-refractivity contribution in [1.29, 1.82) is 0 Å². The molecule has 1 atom stereocenters. The van der Waals surface area contributed by atoms with Crippen molar-refractivity contribution in [2.75, 3.05) is 6.54 Å². The molecular formula is C23H22ClNO.